The van der Waals surface area contributed by atoms with Crippen LogP contribution in [-0.2, 0) is 16.2 Å². The van der Waals surface area contributed by atoms with Crippen molar-refractivity contribution in [1.82, 2.24) is 4.57 Å². The van der Waals surface area contributed by atoms with Crippen molar-refractivity contribution in [2.75, 3.05) is 4.90 Å². The zero-order valence-electron chi connectivity index (χ0n) is 35.6. The Balaban J connectivity index is 0.987. The van der Waals surface area contributed by atoms with Gasteiger partial charge < -0.3 is 9.47 Å². The van der Waals surface area contributed by atoms with Gasteiger partial charge in [0, 0.05) is 43.5 Å². The molecule has 3 aliphatic rings. The topological polar surface area (TPSA) is 8.17 Å². The summed E-state index contributed by atoms with van der Waals surface area (Å²) in [5.41, 5.74) is 20.8. The standard InChI is InChI=1S/C59H46N2/c1-57(2)46-22-13-21-44-45-31-38(33-51-55(45)61(54(44)46)56-47(57)23-14-24-48(56)58(51,3)4)37-27-29-42-43-30-28-39(34-50(43)59(5,6)49(42)32-37)60(52-25-11-17-35-15-7-9-19-40(35)52)53-26-12-18-36-16-8-10-20-41(36)53/h7-34H,1-6H3. The minimum atomic E-state index is -0.220. The fourth-order valence-electron chi connectivity index (χ4n) is 11.9. The lowest BCUT2D eigenvalue weighted by molar-refractivity contribution is 0.594. The fraction of sp³-hybridized carbons (Fsp3) is 0.153. The third-order valence-corrected chi connectivity index (χ3v) is 15.1. The molecule has 0 atom stereocenters. The number of para-hydroxylation sites is 2. The highest BCUT2D eigenvalue weighted by atomic mass is 15.1. The first-order valence-electron chi connectivity index (χ1n) is 21.9. The quantitative estimate of drug-likeness (QED) is 0.173. The van der Waals surface area contributed by atoms with Crippen molar-refractivity contribution in [3.8, 4) is 27.9 Å². The van der Waals surface area contributed by atoms with Gasteiger partial charge in [-0.25, -0.2) is 0 Å². The van der Waals surface area contributed by atoms with E-state index in [0.717, 1.165) is 0 Å². The Labute approximate surface area is 357 Å². The number of hydrogen-bond donors (Lipinski definition) is 0. The van der Waals surface area contributed by atoms with Gasteiger partial charge in [0.05, 0.1) is 28.1 Å². The van der Waals surface area contributed by atoms with Gasteiger partial charge in [-0.3, -0.25) is 0 Å². The highest BCUT2D eigenvalue weighted by molar-refractivity contribution is 6.15. The molecule has 292 valence electrons. The van der Waals surface area contributed by atoms with Crippen molar-refractivity contribution in [2.24, 2.45) is 0 Å². The number of fused-ring (bicyclic) bond motifs is 6. The van der Waals surface area contributed by atoms with Crippen molar-refractivity contribution in [1.29, 1.82) is 0 Å². The molecule has 3 heterocycles. The molecular weight excluding hydrogens is 737 g/mol. The normalized spacial score (nSPS) is 15.8. The van der Waals surface area contributed by atoms with Crippen LogP contribution in [0.15, 0.2) is 170 Å². The van der Waals surface area contributed by atoms with Gasteiger partial charge in [0.15, 0.2) is 0 Å². The van der Waals surface area contributed by atoms with Gasteiger partial charge in [-0.1, -0.05) is 169 Å². The number of hydrogen-bond acceptors (Lipinski definition) is 1. The molecule has 0 saturated heterocycles. The molecule has 0 spiro atoms. The third kappa shape index (κ3) is 4.42. The molecule has 1 aliphatic carbocycles. The van der Waals surface area contributed by atoms with E-state index in [4.69, 9.17) is 0 Å². The first-order valence-corrected chi connectivity index (χ1v) is 21.9. The molecule has 2 nitrogen and oxygen atoms in total. The summed E-state index contributed by atoms with van der Waals surface area (Å²) in [6.45, 7) is 14.5. The highest BCUT2D eigenvalue weighted by Gasteiger charge is 2.44. The fourth-order valence-corrected chi connectivity index (χ4v) is 11.9. The maximum absolute atomic E-state index is 2.63. The van der Waals surface area contributed by atoms with Crippen LogP contribution in [-0.4, -0.2) is 4.57 Å². The minimum Gasteiger partial charge on any atom is -0.309 e. The first-order chi connectivity index (χ1) is 29.5. The molecule has 0 N–H and O–H groups in total. The Bertz CT molecular complexity index is 3480. The predicted octanol–water partition coefficient (Wildman–Crippen LogP) is 15.8. The molecule has 1 aromatic heterocycles. The minimum absolute atomic E-state index is 0.0904. The van der Waals surface area contributed by atoms with Crippen LogP contribution in [0, 0.1) is 0 Å². The van der Waals surface area contributed by atoms with Gasteiger partial charge in [0.1, 0.15) is 0 Å². The van der Waals surface area contributed by atoms with Crippen molar-refractivity contribution >= 4 is 60.4 Å². The zero-order valence-corrected chi connectivity index (χ0v) is 35.6. The van der Waals surface area contributed by atoms with Crippen LogP contribution in [0.5, 0.6) is 0 Å². The highest BCUT2D eigenvalue weighted by Crippen LogP contribution is 2.57. The first kappa shape index (κ1) is 34.9. The van der Waals surface area contributed by atoms with Gasteiger partial charge in [-0.2, -0.15) is 0 Å². The molecule has 0 radical (unpaired) electrons. The van der Waals surface area contributed by atoms with Crippen LogP contribution in [0.25, 0.3) is 71.3 Å². The van der Waals surface area contributed by atoms with Gasteiger partial charge >= 0.3 is 0 Å². The van der Waals surface area contributed by atoms with Gasteiger partial charge in [0.25, 0.3) is 0 Å². The summed E-state index contributed by atoms with van der Waals surface area (Å²) in [5.74, 6) is 0. The Hall–Kier alpha value is -6.90. The Morgan fingerprint density at radius 3 is 1.54 bits per heavy atom. The van der Waals surface area contributed by atoms with Crippen LogP contribution >= 0.6 is 0 Å². The van der Waals surface area contributed by atoms with Gasteiger partial charge in [-0.05, 0) is 109 Å². The summed E-state index contributed by atoms with van der Waals surface area (Å²) in [5, 5.41) is 7.64. The molecule has 0 fully saturated rings. The third-order valence-electron chi connectivity index (χ3n) is 15.1. The SMILES string of the molecule is CC1(C)c2cc(-c3cc4c5c(c3)c3cccc6c3n5-c3c(cccc3C4(C)C)C6(C)C)ccc2-c2ccc(N(c3cccc4ccccc34)c3cccc4ccccc34)cc21. The molecule has 0 saturated carbocycles. The van der Waals surface area contributed by atoms with Gasteiger partial charge in [0.2, 0.25) is 0 Å². The van der Waals surface area contributed by atoms with E-state index in [2.05, 4.69) is 221 Å². The molecule has 0 bridgehead atoms. The zero-order chi connectivity index (χ0) is 41.2. The van der Waals surface area contributed by atoms with E-state index < -0.39 is 0 Å². The van der Waals surface area contributed by atoms with Crippen LogP contribution in [0.2, 0.25) is 0 Å². The second-order valence-corrected chi connectivity index (χ2v) is 19.4. The van der Waals surface area contributed by atoms with Crippen LogP contribution in [0.4, 0.5) is 17.1 Å². The lowest BCUT2D eigenvalue weighted by atomic mass is 9.68. The molecule has 9 aromatic carbocycles. The van der Waals surface area contributed by atoms with Crippen molar-refractivity contribution in [2.45, 2.75) is 57.8 Å². The second kappa shape index (κ2) is 11.7. The van der Waals surface area contributed by atoms with Crippen LogP contribution in [0.1, 0.15) is 74.9 Å². The van der Waals surface area contributed by atoms with E-state index >= 15 is 0 Å². The summed E-state index contributed by atoms with van der Waals surface area (Å²) in [6, 6.07) is 64.4. The molecule has 0 unspecified atom stereocenters. The van der Waals surface area contributed by atoms with E-state index in [9.17, 15) is 0 Å². The van der Waals surface area contributed by atoms with E-state index in [1.54, 1.807) is 0 Å². The molecule has 2 heteroatoms. The summed E-state index contributed by atoms with van der Waals surface area (Å²) < 4.78 is 2.63. The summed E-state index contributed by atoms with van der Waals surface area (Å²) in [7, 11) is 0. The second-order valence-electron chi connectivity index (χ2n) is 19.4. The van der Waals surface area contributed by atoms with Crippen LogP contribution < -0.4 is 4.90 Å². The summed E-state index contributed by atoms with van der Waals surface area (Å²) >= 11 is 0. The monoisotopic (exact) mass is 782 g/mol. The molecule has 2 aliphatic heterocycles. The lowest BCUT2D eigenvalue weighted by Gasteiger charge is -2.42. The van der Waals surface area contributed by atoms with Crippen molar-refractivity contribution < 1.29 is 0 Å². The van der Waals surface area contributed by atoms with E-state index in [1.165, 1.54) is 122 Å². The molecule has 0 amide bonds. The Kier molecular flexibility index (Phi) is 6.68. The average molecular weight is 783 g/mol. The van der Waals surface area contributed by atoms with Crippen LogP contribution in [0.3, 0.4) is 0 Å². The molecule has 10 aromatic rings. The number of anilines is 3. The summed E-state index contributed by atoms with van der Waals surface area (Å²) in [4.78, 5) is 2.49. The average Bonchev–Trinajstić information content (AvgIpc) is 3.73. The van der Waals surface area contributed by atoms with E-state index in [0.29, 0.717) is 0 Å². The smallest absolute Gasteiger partial charge is 0.0582 e. The van der Waals surface area contributed by atoms with Crippen molar-refractivity contribution in [3.63, 3.8) is 0 Å². The van der Waals surface area contributed by atoms with E-state index in [-0.39, 0.29) is 16.2 Å². The molecule has 61 heavy (non-hydrogen) atoms. The number of nitrogens with zero attached hydrogens (tertiary/aromatic N) is 2. The maximum atomic E-state index is 2.63. The Morgan fingerprint density at radius 1 is 0.361 bits per heavy atom. The Morgan fingerprint density at radius 2 is 0.852 bits per heavy atom. The number of benzene rings is 9. The number of rotatable bonds is 4. The predicted molar refractivity (Wildman–Crippen MR) is 258 cm³/mol. The molecule has 13 rings (SSSR count). The largest absolute Gasteiger partial charge is 0.309 e. The van der Waals surface area contributed by atoms with Crippen molar-refractivity contribution in [3.05, 3.63) is 203 Å². The van der Waals surface area contributed by atoms with Gasteiger partial charge in [-0.15, -0.1) is 0 Å². The van der Waals surface area contributed by atoms with E-state index in [1.807, 2.05) is 0 Å². The molecular formula is C59H46N2. The number of aromatic nitrogens is 1. The maximum Gasteiger partial charge on any atom is 0.0582 e. The lowest BCUT2D eigenvalue weighted by Crippen LogP contribution is -2.33. The summed E-state index contributed by atoms with van der Waals surface area (Å²) in [6.07, 6.45) is 0.